The Morgan fingerprint density at radius 3 is 2.09 bits per heavy atom. The molecule has 0 aromatic heterocycles. The van der Waals surface area contributed by atoms with Crippen LogP contribution < -0.4 is 9.47 Å². The lowest BCUT2D eigenvalue weighted by Crippen LogP contribution is -2.05. The highest BCUT2D eigenvalue weighted by Gasteiger charge is 2.18. The van der Waals surface area contributed by atoms with Crippen LogP contribution in [0.15, 0.2) is 36.4 Å². The van der Waals surface area contributed by atoms with Crippen molar-refractivity contribution in [3.05, 3.63) is 58.7 Å². The maximum atomic E-state index is 5.59. The minimum absolute atomic E-state index is 0.367. The van der Waals surface area contributed by atoms with Gasteiger partial charge in [0.15, 0.2) is 0 Å². The molecule has 2 unspecified atom stereocenters. The van der Waals surface area contributed by atoms with Crippen molar-refractivity contribution in [1.82, 2.24) is 0 Å². The first-order valence-corrected chi connectivity index (χ1v) is 8.03. The third kappa shape index (κ3) is 3.27. The molecule has 2 heterocycles. The molecule has 4 rings (SSSR count). The second-order valence-electron chi connectivity index (χ2n) is 6.49. The van der Waals surface area contributed by atoms with E-state index < -0.39 is 0 Å². The van der Waals surface area contributed by atoms with Crippen LogP contribution in [0.1, 0.15) is 36.1 Å². The molecular weight excluding hydrogens is 272 g/mol. The van der Waals surface area contributed by atoms with E-state index in [1.165, 1.54) is 22.3 Å². The van der Waals surface area contributed by atoms with Crippen LogP contribution in [0.5, 0.6) is 11.5 Å². The van der Waals surface area contributed by atoms with Crippen molar-refractivity contribution in [2.24, 2.45) is 0 Å². The number of hydrogen-bond donors (Lipinski definition) is 0. The van der Waals surface area contributed by atoms with Crippen molar-refractivity contribution in [3.63, 3.8) is 0 Å². The van der Waals surface area contributed by atoms with E-state index in [0.717, 1.165) is 24.3 Å². The topological polar surface area (TPSA) is 18.5 Å². The minimum atomic E-state index is 0.367. The van der Waals surface area contributed by atoms with Crippen LogP contribution in [0, 0.1) is 13.8 Å². The zero-order valence-corrected chi connectivity index (χ0v) is 13.8. The summed E-state index contributed by atoms with van der Waals surface area (Å²) in [5.41, 5.74) is 5.31. The average molecular weight is 296 g/mol. The maximum absolute atomic E-state index is 5.59. The third-order valence-corrected chi connectivity index (χ3v) is 4.11. The smallest absolute Gasteiger partial charge is 0.123 e. The Bertz CT molecular complexity index is 616. The first-order valence-electron chi connectivity index (χ1n) is 8.03. The van der Waals surface area contributed by atoms with Crippen molar-refractivity contribution >= 4 is 0 Å². The molecule has 0 amide bonds. The van der Waals surface area contributed by atoms with Crippen LogP contribution in [-0.2, 0) is 12.8 Å². The molecular formula is C20H24O2. The summed E-state index contributed by atoms with van der Waals surface area (Å²) in [6, 6.07) is 12.8. The monoisotopic (exact) mass is 296 g/mol. The molecule has 2 aromatic rings. The zero-order chi connectivity index (χ0) is 15.7. The molecule has 0 spiro atoms. The first-order chi connectivity index (χ1) is 10.5. The summed E-state index contributed by atoms with van der Waals surface area (Å²) in [4.78, 5) is 0. The average Bonchev–Trinajstić information content (AvgIpc) is 2.99. The molecule has 2 heteroatoms. The van der Waals surface area contributed by atoms with Gasteiger partial charge in [0, 0.05) is 12.8 Å². The standard InChI is InChI=1S/2C10H12O/c1-7-3-4-10-9(5-7)6-8(2)11-10;1-7-3-4-9-6-8(2)11-10(9)5-7/h2*3-5,8H,6H2,1-2H3. The quantitative estimate of drug-likeness (QED) is 0.705. The Labute approximate surface area is 133 Å². The van der Waals surface area contributed by atoms with Gasteiger partial charge in [-0.1, -0.05) is 29.8 Å². The first kappa shape index (κ1) is 15.0. The molecule has 2 aliphatic heterocycles. The van der Waals surface area contributed by atoms with Gasteiger partial charge in [0.25, 0.3) is 0 Å². The molecule has 0 saturated carbocycles. The lowest BCUT2D eigenvalue weighted by Gasteiger charge is -2.02. The fraction of sp³-hybridized carbons (Fsp3) is 0.400. The van der Waals surface area contributed by atoms with Crippen molar-refractivity contribution in [1.29, 1.82) is 0 Å². The molecule has 2 nitrogen and oxygen atoms in total. The number of hydrogen-bond acceptors (Lipinski definition) is 2. The van der Waals surface area contributed by atoms with Gasteiger partial charge in [0.2, 0.25) is 0 Å². The largest absolute Gasteiger partial charge is 0.490 e. The van der Waals surface area contributed by atoms with Gasteiger partial charge in [0.1, 0.15) is 23.7 Å². The highest BCUT2D eigenvalue weighted by Crippen LogP contribution is 2.29. The van der Waals surface area contributed by atoms with Crippen molar-refractivity contribution in [2.75, 3.05) is 0 Å². The molecule has 22 heavy (non-hydrogen) atoms. The zero-order valence-electron chi connectivity index (χ0n) is 13.8. The van der Waals surface area contributed by atoms with Crippen LogP contribution >= 0.6 is 0 Å². The Morgan fingerprint density at radius 2 is 1.32 bits per heavy atom. The molecule has 0 radical (unpaired) electrons. The summed E-state index contributed by atoms with van der Waals surface area (Å²) in [5, 5.41) is 0. The highest BCUT2D eigenvalue weighted by atomic mass is 16.5. The normalized spacial score (nSPS) is 21.1. The SMILES string of the molecule is Cc1ccc2c(c1)CC(C)O2.Cc1ccc2c(c1)OC(C)C2. The number of aryl methyl sites for hydroxylation is 2. The number of benzene rings is 2. The molecule has 2 aliphatic rings. The predicted octanol–water partition coefficient (Wildman–Crippen LogP) is 4.64. The van der Waals surface area contributed by atoms with Gasteiger partial charge in [-0.3, -0.25) is 0 Å². The predicted molar refractivity (Wildman–Crippen MR) is 89.9 cm³/mol. The molecule has 2 aromatic carbocycles. The van der Waals surface area contributed by atoms with Crippen LogP contribution in [0.25, 0.3) is 0 Å². The number of rotatable bonds is 0. The van der Waals surface area contributed by atoms with E-state index in [4.69, 9.17) is 9.47 Å². The van der Waals surface area contributed by atoms with Crippen LogP contribution in [0.4, 0.5) is 0 Å². The van der Waals surface area contributed by atoms with Crippen molar-refractivity contribution in [3.8, 4) is 11.5 Å². The van der Waals surface area contributed by atoms with E-state index in [9.17, 15) is 0 Å². The molecule has 0 aliphatic carbocycles. The third-order valence-electron chi connectivity index (χ3n) is 4.11. The Balaban J connectivity index is 0.000000131. The Morgan fingerprint density at radius 1 is 0.727 bits per heavy atom. The van der Waals surface area contributed by atoms with Crippen LogP contribution in [-0.4, -0.2) is 12.2 Å². The molecule has 0 saturated heterocycles. The summed E-state index contributed by atoms with van der Waals surface area (Å²) < 4.78 is 11.1. The summed E-state index contributed by atoms with van der Waals surface area (Å²) in [6.45, 7) is 8.42. The molecule has 0 N–H and O–H groups in total. The summed E-state index contributed by atoms with van der Waals surface area (Å²) in [6.07, 6.45) is 2.87. The van der Waals surface area contributed by atoms with E-state index in [-0.39, 0.29) is 0 Å². The van der Waals surface area contributed by atoms with Crippen LogP contribution in [0.3, 0.4) is 0 Å². The highest BCUT2D eigenvalue weighted by molar-refractivity contribution is 5.40. The number of fused-ring (bicyclic) bond motifs is 2. The van der Waals surface area contributed by atoms with E-state index in [2.05, 4.69) is 64.1 Å². The van der Waals surface area contributed by atoms with E-state index in [1.807, 2.05) is 0 Å². The van der Waals surface area contributed by atoms with E-state index in [1.54, 1.807) is 0 Å². The Kier molecular flexibility index (Phi) is 4.10. The fourth-order valence-corrected chi connectivity index (χ4v) is 3.06. The maximum Gasteiger partial charge on any atom is 0.123 e. The second-order valence-corrected chi connectivity index (χ2v) is 6.49. The lowest BCUT2D eigenvalue weighted by atomic mass is 10.1. The van der Waals surface area contributed by atoms with Gasteiger partial charge in [0.05, 0.1) is 0 Å². The van der Waals surface area contributed by atoms with Gasteiger partial charge in [-0.2, -0.15) is 0 Å². The number of ether oxygens (including phenoxy) is 2. The van der Waals surface area contributed by atoms with Gasteiger partial charge in [-0.05, 0) is 56.5 Å². The molecule has 0 fully saturated rings. The van der Waals surface area contributed by atoms with Gasteiger partial charge < -0.3 is 9.47 Å². The summed E-state index contributed by atoms with van der Waals surface area (Å²) >= 11 is 0. The minimum Gasteiger partial charge on any atom is -0.490 e. The van der Waals surface area contributed by atoms with Gasteiger partial charge >= 0.3 is 0 Å². The van der Waals surface area contributed by atoms with Gasteiger partial charge in [-0.15, -0.1) is 0 Å². The van der Waals surface area contributed by atoms with E-state index in [0.29, 0.717) is 12.2 Å². The Hall–Kier alpha value is -1.96. The van der Waals surface area contributed by atoms with Crippen molar-refractivity contribution in [2.45, 2.75) is 52.7 Å². The van der Waals surface area contributed by atoms with Crippen molar-refractivity contribution < 1.29 is 9.47 Å². The molecule has 0 bridgehead atoms. The summed E-state index contributed by atoms with van der Waals surface area (Å²) in [5.74, 6) is 2.15. The molecule has 2 atom stereocenters. The fourth-order valence-electron chi connectivity index (χ4n) is 3.06. The van der Waals surface area contributed by atoms with Crippen LogP contribution in [0.2, 0.25) is 0 Å². The van der Waals surface area contributed by atoms with E-state index >= 15 is 0 Å². The molecule has 116 valence electrons. The van der Waals surface area contributed by atoms with Gasteiger partial charge in [-0.25, -0.2) is 0 Å². The summed E-state index contributed by atoms with van der Waals surface area (Å²) in [7, 11) is 0. The second kappa shape index (κ2) is 6.04. The lowest BCUT2D eigenvalue weighted by molar-refractivity contribution is 0.254.